The van der Waals surface area contributed by atoms with Crippen molar-refractivity contribution in [1.82, 2.24) is 4.90 Å². The van der Waals surface area contributed by atoms with Gasteiger partial charge in [-0.05, 0) is 50.6 Å². The summed E-state index contributed by atoms with van der Waals surface area (Å²) in [6.07, 6.45) is 1.68. The number of carbonyl (C=O) groups is 3. The van der Waals surface area contributed by atoms with Gasteiger partial charge in [0.2, 0.25) is 11.8 Å². The Bertz CT molecular complexity index is 673. The summed E-state index contributed by atoms with van der Waals surface area (Å²) in [5.41, 5.74) is 5.95. The van der Waals surface area contributed by atoms with E-state index in [1.165, 1.54) is 4.90 Å². The van der Waals surface area contributed by atoms with Crippen molar-refractivity contribution in [2.75, 3.05) is 24.6 Å². The number of primary amides is 1. The molecule has 2 fully saturated rings. The monoisotopic (exact) mass is 345 g/mol. The highest BCUT2D eigenvalue weighted by Gasteiger charge is 2.44. The van der Waals surface area contributed by atoms with E-state index in [0.717, 1.165) is 12.8 Å². The van der Waals surface area contributed by atoms with Crippen LogP contribution in [0.1, 0.15) is 26.2 Å². The molecule has 2 heterocycles. The molecule has 2 atom stereocenters. The van der Waals surface area contributed by atoms with Crippen LogP contribution in [0.4, 0.5) is 5.69 Å². The highest BCUT2D eigenvalue weighted by atomic mass is 16.5. The molecule has 134 valence electrons. The molecule has 7 nitrogen and oxygen atoms in total. The van der Waals surface area contributed by atoms with Crippen LogP contribution in [0.15, 0.2) is 24.3 Å². The Morgan fingerprint density at radius 2 is 2.00 bits per heavy atom. The van der Waals surface area contributed by atoms with Crippen LogP contribution in [-0.4, -0.2) is 48.4 Å². The molecule has 3 amide bonds. The normalized spacial score (nSPS) is 24.6. The molecule has 2 aliphatic rings. The molecule has 2 aliphatic heterocycles. The van der Waals surface area contributed by atoms with E-state index in [9.17, 15) is 14.4 Å². The lowest BCUT2D eigenvalue weighted by Crippen LogP contribution is -2.49. The number of imide groups is 1. The van der Waals surface area contributed by atoms with Crippen LogP contribution in [0, 0.1) is 5.92 Å². The van der Waals surface area contributed by atoms with Crippen molar-refractivity contribution in [2.45, 2.75) is 32.2 Å². The first kappa shape index (κ1) is 17.4. The predicted molar refractivity (Wildman–Crippen MR) is 92.0 cm³/mol. The van der Waals surface area contributed by atoms with Crippen LogP contribution >= 0.6 is 0 Å². The van der Waals surface area contributed by atoms with E-state index in [2.05, 4.69) is 0 Å². The third-order valence-electron chi connectivity index (χ3n) is 4.82. The first-order valence-corrected chi connectivity index (χ1v) is 8.64. The van der Waals surface area contributed by atoms with Crippen molar-refractivity contribution in [3.05, 3.63) is 24.3 Å². The molecule has 0 aliphatic carbocycles. The van der Waals surface area contributed by atoms with Crippen molar-refractivity contribution in [3.63, 3.8) is 0 Å². The second-order valence-corrected chi connectivity index (χ2v) is 6.45. The van der Waals surface area contributed by atoms with Crippen LogP contribution in [0.3, 0.4) is 0 Å². The number of nitrogens with zero attached hydrogens (tertiary/aromatic N) is 2. The Morgan fingerprint density at radius 1 is 1.28 bits per heavy atom. The van der Waals surface area contributed by atoms with Crippen molar-refractivity contribution in [1.29, 1.82) is 0 Å². The predicted octanol–water partition coefficient (Wildman–Crippen LogP) is 0.915. The Balaban J connectivity index is 1.74. The molecule has 25 heavy (non-hydrogen) atoms. The minimum absolute atomic E-state index is 0.136. The van der Waals surface area contributed by atoms with Gasteiger partial charge in [0.1, 0.15) is 5.75 Å². The van der Waals surface area contributed by atoms with E-state index in [0.29, 0.717) is 31.1 Å². The maximum atomic E-state index is 12.8. The van der Waals surface area contributed by atoms with Crippen LogP contribution in [0.5, 0.6) is 5.75 Å². The third kappa shape index (κ3) is 3.51. The number of likely N-dealkylation sites (tertiary alicyclic amines) is 1. The molecular weight excluding hydrogens is 322 g/mol. The summed E-state index contributed by atoms with van der Waals surface area (Å²) in [6.45, 7) is 3.59. The van der Waals surface area contributed by atoms with Gasteiger partial charge in [-0.25, -0.2) is 4.90 Å². The summed E-state index contributed by atoms with van der Waals surface area (Å²) in [6, 6.07) is 6.41. The summed E-state index contributed by atoms with van der Waals surface area (Å²) >= 11 is 0. The van der Waals surface area contributed by atoms with Crippen LogP contribution in [-0.2, 0) is 14.4 Å². The Kier molecular flexibility index (Phi) is 5.03. The van der Waals surface area contributed by atoms with Crippen molar-refractivity contribution in [3.8, 4) is 5.75 Å². The fraction of sp³-hybridized carbons (Fsp3) is 0.500. The van der Waals surface area contributed by atoms with E-state index in [4.69, 9.17) is 10.5 Å². The molecule has 0 saturated carbocycles. The van der Waals surface area contributed by atoms with Gasteiger partial charge in [0, 0.05) is 6.54 Å². The summed E-state index contributed by atoms with van der Waals surface area (Å²) < 4.78 is 5.39. The summed E-state index contributed by atoms with van der Waals surface area (Å²) in [5.74, 6) is -0.358. The fourth-order valence-electron chi connectivity index (χ4n) is 3.55. The van der Waals surface area contributed by atoms with Gasteiger partial charge in [0.15, 0.2) is 0 Å². The number of nitrogens with two attached hydrogens (primary N) is 1. The number of hydrogen-bond donors (Lipinski definition) is 1. The second kappa shape index (κ2) is 7.23. The summed E-state index contributed by atoms with van der Waals surface area (Å²) in [7, 11) is 0. The fourth-order valence-corrected chi connectivity index (χ4v) is 3.55. The van der Waals surface area contributed by atoms with E-state index in [1.54, 1.807) is 24.3 Å². The van der Waals surface area contributed by atoms with Crippen LogP contribution in [0.25, 0.3) is 0 Å². The quantitative estimate of drug-likeness (QED) is 0.801. The largest absolute Gasteiger partial charge is 0.494 e. The van der Waals surface area contributed by atoms with Gasteiger partial charge in [-0.1, -0.05) is 0 Å². The van der Waals surface area contributed by atoms with E-state index < -0.39 is 6.04 Å². The number of benzene rings is 1. The van der Waals surface area contributed by atoms with Gasteiger partial charge in [0.25, 0.3) is 5.91 Å². The van der Waals surface area contributed by atoms with Gasteiger partial charge in [-0.3, -0.25) is 19.3 Å². The summed E-state index contributed by atoms with van der Waals surface area (Å²) in [5, 5.41) is 0. The van der Waals surface area contributed by atoms with Gasteiger partial charge in [-0.15, -0.1) is 0 Å². The molecule has 0 radical (unpaired) electrons. The molecule has 2 N–H and O–H groups in total. The highest BCUT2D eigenvalue weighted by molar-refractivity contribution is 6.22. The van der Waals surface area contributed by atoms with Crippen LogP contribution < -0.4 is 15.4 Å². The van der Waals surface area contributed by atoms with Gasteiger partial charge in [-0.2, -0.15) is 0 Å². The molecule has 2 unspecified atom stereocenters. The molecule has 1 aromatic carbocycles. The van der Waals surface area contributed by atoms with Crippen LogP contribution in [0.2, 0.25) is 0 Å². The minimum atomic E-state index is -0.513. The number of rotatable bonds is 5. The smallest absolute Gasteiger partial charge is 0.251 e. The zero-order valence-corrected chi connectivity index (χ0v) is 14.3. The number of carbonyl (C=O) groups excluding carboxylic acids is 3. The molecule has 2 saturated heterocycles. The number of piperidine rings is 1. The SMILES string of the molecule is CCOc1ccc(N2C(=O)CC(N3CCCC(C(N)=O)C3)C2=O)cc1. The van der Waals surface area contributed by atoms with Gasteiger partial charge < -0.3 is 10.5 Å². The number of anilines is 1. The highest BCUT2D eigenvalue weighted by Crippen LogP contribution is 2.29. The maximum absolute atomic E-state index is 12.8. The molecule has 7 heteroatoms. The molecule has 3 rings (SSSR count). The number of amides is 3. The summed E-state index contributed by atoms with van der Waals surface area (Å²) in [4.78, 5) is 39.8. The standard InChI is InChI=1S/C18H23N3O4/c1-2-25-14-7-5-13(6-8-14)21-16(22)10-15(18(21)24)20-9-3-4-12(11-20)17(19)23/h5-8,12,15H,2-4,9-11H2,1H3,(H2,19,23). The first-order chi connectivity index (χ1) is 12.0. The third-order valence-corrected chi connectivity index (χ3v) is 4.82. The second-order valence-electron chi connectivity index (χ2n) is 6.45. The number of ether oxygens (including phenoxy) is 1. The molecule has 0 bridgehead atoms. The van der Waals surface area contributed by atoms with Crippen molar-refractivity contribution < 1.29 is 19.1 Å². The average Bonchev–Trinajstić information content (AvgIpc) is 2.91. The topological polar surface area (TPSA) is 92.9 Å². The number of hydrogen-bond acceptors (Lipinski definition) is 5. The Labute approximate surface area is 146 Å². The maximum Gasteiger partial charge on any atom is 0.251 e. The van der Waals surface area contributed by atoms with E-state index >= 15 is 0 Å². The zero-order valence-electron chi connectivity index (χ0n) is 14.3. The lowest BCUT2D eigenvalue weighted by atomic mass is 9.96. The molecule has 1 aromatic rings. The van der Waals surface area contributed by atoms with E-state index in [1.807, 2.05) is 11.8 Å². The lowest BCUT2D eigenvalue weighted by Gasteiger charge is -2.34. The first-order valence-electron chi connectivity index (χ1n) is 8.64. The zero-order chi connectivity index (χ0) is 18.0. The lowest BCUT2D eigenvalue weighted by molar-refractivity contribution is -0.127. The van der Waals surface area contributed by atoms with E-state index in [-0.39, 0.29) is 30.1 Å². The Hall–Kier alpha value is -2.41. The van der Waals surface area contributed by atoms with Gasteiger partial charge >= 0.3 is 0 Å². The Morgan fingerprint density at radius 3 is 2.64 bits per heavy atom. The van der Waals surface area contributed by atoms with Gasteiger partial charge in [0.05, 0.1) is 30.7 Å². The minimum Gasteiger partial charge on any atom is -0.494 e. The molecule has 0 aromatic heterocycles. The van der Waals surface area contributed by atoms with Crippen molar-refractivity contribution >= 4 is 23.4 Å². The average molecular weight is 345 g/mol. The molecule has 0 spiro atoms. The molecular formula is C18H23N3O4. The van der Waals surface area contributed by atoms with Crippen molar-refractivity contribution in [2.24, 2.45) is 11.7 Å².